The number of hydrogen-bond acceptors (Lipinski definition) is 9. The van der Waals surface area contributed by atoms with Crippen molar-refractivity contribution in [3.8, 4) is 5.75 Å². The number of likely N-dealkylation sites (N-methyl/N-ethyl adjacent to an activating group) is 1. The van der Waals surface area contributed by atoms with E-state index >= 15 is 0 Å². The summed E-state index contributed by atoms with van der Waals surface area (Å²) in [5.74, 6) is 0.0402. The van der Waals surface area contributed by atoms with E-state index in [9.17, 15) is 14.4 Å². The molecule has 2 aromatic carbocycles. The highest BCUT2D eigenvalue weighted by Gasteiger charge is 2.37. The molecule has 1 aliphatic carbocycles. The first-order valence-corrected chi connectivity index (χ1v) is 14.4. The number of fused-ring (bicyclic) bond motifs is 3. The minimum atomic E-state index is -0.535. The van der Waals surface area contributed by atoms with E-state index in [1.54, 1.807) is 36.3 Å². The van der Waals surface area contributed by atoms with Crippen LogP contribution in [0.3, 0.4) is 0 Å². The van der Waals surface area contributed by atoms with Crippen molar-refractivity contribution in [2.24, 2.45) is 0 Å². The second-order valence-corrected chi connectivity index (χ2v) is 12.0. The van der Waals surface area contributed by atoms with Crippen molar-refractivity contribution >= 4 is 44.8 Å². The van der Waals surface area contributed by atoms with Crippen molar-refractivity contribution in [1.82, 2.24) is 15.5 Å². The Morgan fingerprint density at radius 2 is 1.80 bits per heavy atom. The van der Waals surface area contributed by atoms with Gasteiger partial charge >= 0.3 is 6.09 Å². The second kappa shape index (κ2) is 11.2. The van der Waals surface area contributed by atoms with Gasteiger partial charge in [-0.2, -0.15) is 0 Å². The van der Waals surface area contributed by atoms with Gasteiger partial charge in [0.15, 0.2) is 11.6 Å². The van der Waals surface area contributed by atoms with Crippen LogP contribution in [0.4, 0.5) is 10.5 Å². The number of thiophene rings is 1. The van der Waals surface area contributed by atoms with E-state index in [1.807, 2.05) is 27.8 Å². The number of anilines is 1. The Hall–Kier alpha value is -3.47. The normalized spacial score (nSPS) is 16.7. The number of nitrogens with zero attached hydrogens (tertiary/aromatic N) is 1. The number of ketones is 2. The van der Waals surface area contributed by atoms with Crippen LogP contribution in [0.2, 0.25) is 0 Å². The summed E-state index contributed by atoms with van der Waals surface area (Å²) < 4.78 is 12.2. The topological polar surface area (TPSA) is 109 Å². The maximum absolute atomic E-state index is 13.9. The monoisotopic (exact) mass is 564 g/mol. The maximum atomic E-state index is 13.9. The van der Waals surface area contributed by atoms with Gasteiger partial charge in [0, 0.05) is 55.3 Å². The van der Waals surface area contributed by atoms with E-state index < -0.39 is 5.60 Å². The molecule has 2 aliphatic rings. The largest absolute Gasteiger partial charge is 0.494 e. The summed E-state index contributed by atoms with van der Waals surface area (Å²) >= 11 is 1.50. The molecule has 0 saturated carbocycles. The van der Waals surface area contributed by atoms with Crippen LogP contribution in [-0.2, 0) is 11.3 Å². The lowest BCUT2D eigenvalue weighted by atomic mass is 9.81. The molecule has 1 amide bonds. The Bertz CT molecular complexity index is 1470. The molecule has 1 aliphatic heterocycles. The Labute approximate surface area is 238 Å². The van der Waals surface area contributed by atoms with Gasteiger partial charge in [-0.05, 0) is 45.2 Å². The zero-order valence-electron chi connectivity index (χ0n) is 23.6. The summed E-state index contributed by atoms with van der Waals surface area (Å²) in [7, 11) is 3.41. The standard InChI is InChI=1S/C30H36N4O5S/c1-30(2,3)39-29(37)34-13-10-18(15-34)33-14-17-16-40-28-21(17)24(32-12-11-31-4)22-23(27(28)38-5)26(36)20-9-7-6-8-19(20)25(22)35/h6-9,16,18,31-33H,10-15H2,1-5H3. The fraction of sp³-hybridized carbons (Fsp3) is 0.433. The zero-order chi connectivity index (χ0) is 28.6. The van der Waals surface area contributed by atoms with Crippen molar-refractivity contribution in [1.29, 1.82) is 0 Å². The van der Waals surface area contributed by atoms with Gasteiger partial charge in [-0.25, -0.2) is 4.79 Å². The average Bonchev–Trinajstić information content (AvgIpc) is 3.57. The molecule has 1 saturated heterocycles. The second-order valence-electron chi connectivity index (χ2n) is 11.2. The zero-order valence-corrected chi connectivity index (χ0v) is 24.4. The molecule has 0 bridgehead atoms. The lowest BCUT2D eigenvalue weighted by Gasteiger charge is -2.25. The average molecular weight is 565 g/mol. The Kier molecular flexibility index (Phi) is 7.85. The van der Waals surface area contributed by atoms with Crippen molar-refractivity contribution < 1.29 is 23.9 Å². The van der Waals surface area contributed by atoms with Crippen molar-refractivity contribution in [2.75, 3.05) is 45.7 Å². The van der Waals surface area contributed by atoms with Crippen LogP contribution < -0.4 is 20.7 Å². The molecule has 212 valence electrons. The van der Waals surface area contributed by atoms with Gasteiger partial charge in [-0.1, -0.05) is 24.3 Å². The summed E-state index contributed by atoms with van der Waals surface area (Å²) in [5, 5.41) is 13.1. The smallest absolute Gasteiger partial charge is 0.410 e. The number of rotatable bonds is 8. The number of likely N-dealkylation sites (tertiary alicyclic amines) is 1. The van der Waals surface area contributed by atoms with E-state index in [-0.39, 0.29) is 23.7 Å². The van der Waals surface area contributed by atoms with Crippen LogP contribution in [0.15, 0.2) is 29.6 Å². The van der Waals surface area contributed by atoms with Crippen molar-refractivity contribution in [3.05, 3.63) is 57.5 Å². The maximum Gasteiger partial charge on any atom is 0.410 e. The Morgan fingerprint density at radius 3 is 2.45 bits per heavy atom. The Morgan fingerprint density at radius 1 is 1.10 bits per heavy atom. The van der Waals surface area contributed by atoms with Crippen molar-refractivity contribution in [3.63, 3.8) is 0 Å². The van der Waals surface area contributed by atoms with E-state index in [4.69, 9.17) is 9.47 Å². The molecule has 9 nitrogen and oxygen atoms in total. The highest BCUT2D eigenvalue weighted by Crippen LogP contribution is 2.47. The van der Waals surface area contributed by atoms with Gasteiger partial charge in [0.2, 0.25) is 0 Å². The van der Waals surface area contributed by atoms with Crippen molar-refractivity contribution in [2.45, 2.75) is 45.4 Å². The molecule has 1 unspecified atom stereocenters. The fourth-order valence-electron chi connectivity index (χ4n) is 5.39. The summed E-state index contributed by atoms with van der Waals surface area (Å²) in [4.78, 5) is 41.9. The van der Waals surface area contributed by atoms with Crippen LogP contribution in [-0.4, -0.2) is 74.5 Å². The molecule has 3 N–H and O–H groups in total. The summed E-state index contributed by atoms with van der Waals surface area (Å²) in [6.07, 6.45) is 0.519. The number of hydrogen-bond donors (Lipinski definition) is 3. The predicted molar refractivity (Wildman–Crippen MR) is 157 cm³/mol. The van der Waals surface area contributed by atoms with Gasteiger partial charge in [0.25, 0.3) is 0 Å². The van der Waals surface area contributed by atoms with E-state index in [1.165, 1.54) is 11.3 Å². The molecule has 1 fully saturated rings. The van der Waals surface area contributed by atoms with Gasteiger partial charge in [-0.3, -0.25) is 9.59 Å². The lowest BCUT2D eigenvalue weighted by molar-refractivity contribution is 0.0290. The van der Waals surface area contributed by atoms with E-state index in [0.717, 1.165) is 22.1 Å². The van der Waals surface area contributed by atoms with E-state index in [2.05, 4.69) is 21.3 Å². The molecule has 0 radical (unpaired) electrons. The van der Waals surface area contributed by atoms with Crippen LogP contribution in [0, 0.1) is 0 Å². The third kappa shape index (κ3) is 5.18. The molecular weight excluding hydrogens is 528 g/mol. The third-order valence-electron chi connectivity index (χ3n) is 7.22. The number of ether oxygens (including phenoxy) is 2. The first kappa shape index (κ1) is 28.1. The summed E-state index contributed by atoms with van der Waals surface area (Å²) in [5.41, 5.74) is 2.61. The number of carbonyl (C=O) groups is 3. The van der Waals surface area contributed by atoms with Gasteiger partial charge in [0.05, 0.1) is 28.6 Å². The molecule has 1 aromatic heterocycles. The molecule has 10 heteroatoms. The number of methoxy groups -OCH3 is 1. The number of carbonyl (C=O) groups excluding carboxylic acids is 3. The molecule has 1 atom stereocenters. The quantitative estimate of drug-likeness (QED) is 0.270. The number of amides is 1. The van der Waals surface area contributed by atoms with Crippen LogP contribution in [0.5, 0.6) is 5.75 Å². The molecular formula is C30H36N4O5S. The predicted octanol–water partition coefficient (Wildman–Crippen LogP) is 4.42. The summed E-state index contributed by atoms with van der Waals surface area (Å²) in [6, 6.07) is 7.06. The lowest BCUT2D eigenvalue weighted by Crippen LogP contribution is -2.38. The minimum absolute atomic E-state index is 0.109. The van der Waals surface area contributed by atoms with Crippen LogP contribution >= 0.6 is 11.3 Å². The first-order chi connectivity index (χ1) is 19.1. The van der Waals surface area contributed by atoms with Crippen LogP contribution in [0.1, 0.15) is 64.6 Å². The van der Waals surface area contributed by atoms with Crippen LogP contribution in [0.25, 0.3) is 10.1 Å². The third-order valence-corrected chi connectivity index (χ3v) is 8.25. The molecule has 40 heavy (non-hydrogen) atoms. The molecule has 0 spiro atoms. The number of nitrogens with one attached hydrogen (secondary N) is 3. The SMILES string of the molecule is CNCCNc1c2c(c(OC)c3scc(CNC4CCN(C(=O)OC(C)(C)C)C4)c13)C(=O)c1ccccc1C2=O. The number of benzene rings is 2. The van der Waals surface area contributed by atoms with E-state index in [0.29, 0.717) is 66.4 Å². The summed E-state index contributed by atoms with van der Waals surface area (Å²) in [6.45, 7) is 8.58. The van der Waals surface area contributed by atoms with Gasteiger partial charge in [0.1, 0.15) is 11.4 Å². The Balaban J connectivity index is 1.50. The minimum Gasteiger partial charge on any atom is -0.494 e. The van der Waals surface area contributed by atoms with Gasteiger partial charge in [-0.15, -0.1) is 11.3 Å². The molecule has 5 rings (SSSR count). The molecule has 2 heterocycles. The molecule has 3 aromatic rings. The highest BCUT2D eigenvalue weighted by atomic mass is 32.1. The highest BCUT2D eigenvalue weighted by molar-refractivity contribution is 7.18. The fourth-order valence-corrected chi connectivity index (χ4v) is 6.50. The van der Waals surface area contributed by atoms with Gasteiger partial charge < -0.3 is 30.3 Å². The first-order valence-electron chi connectivity index (χ1n) is 13.6.